The Hall–Kier alpha value is -1.67. The third kappa shape index (κ3) is 6.09. The van der Waals surface area contributed by atoms with Crippen molar-refractivity contribution in [2.45, 2.75) is 25.6 Å². The van der Waals surface area contributed by atoms with Crippen LogP contribution in [-0.4, -0.2) is 24.3 Å². The highest BCUT2D eigenvalue weighted by Gasteiger charge is 2.13. The van der Waals surface area contributed by atoms with E-state index in [1.54, 1.807) is 18.7 Å². The normalized spacial score (nSPS) is 12.1. The van der Waals surface area contributed by atoms with Gasteiger partial charge in [0, 0.05) is 18.7 Å². The number of nitrogens with one attached hydrogen (secondary N) is 2. The second-order valence-corrected chi connectivity index (χ2v) is 5.45. The van der Waals surface area contributed by atoms with E-state index >= 15 is 0 Å². The van der Waals surface area contributed by atoms with Crippen LogP contribution in [0.2, 0.25) is 0 Å². The number of thioether (sulfide) groups is 1. The quantitative estimate of drug-likeness (QED) is 0.342. The molecule has 0 bridgehead atoms. The molecule has 0 aliphatic carbocycles. The van der Waals surface area contributed by atoms with Crippen molar-refractivity contribution >= 4 is 11.8 Å². The number of nitro groups is 1. The van der Waals surface area contributed by atoms with E-state index in [2.05, 4.69) is 10.6 Å². The molecule has 1 heterocycles. The molecule has 0 unspecified atom stereocenters. The molecule has 4 N–H and O–H groups in total. The minimum atomic E-state index is -0.443. The van der Waals surface area contributed by atoms with Gasteiger partial charge in [-0.05, 0) is 19.2 Å². The van der Waals surface area contributed by atoms with Gasteiger partial charge in [0.05, 0.1) is 17.2 Å². The van der Waals surface area contributed by atoms with E-state index in [1.165, 1.54) is 0 Å². The van der Waals surface area contributed by atoms with Crippen molar-refractivity contribution in [2.75, 3.05) is 19.3 Å². The van der Waals surface area contributed by atoms with Gasteiger partial charge in [-0.25, -0.2) is 0 Å². The van der Waals surface area contributed by atoms with Crippen LogP contribution in [0.15, 0.2) is 28.1 Å². The first-order valence-electron chi connectivity index (χ1n) is 6.75. The molecule has 8 heteroatoms. The standard InChI is InChI=1S/C13H22N4O3S/c1-3-12(17(18)19)13(14)16-6-7-21-9-11-5-4-10(20-11)8-15-2/h4-5,15-16H,3,6-9,14H2,1-2H3. The molecule has 0 saturated carbocycles. The molecule has 0 atom stereocenters. The fourth-order valence-corrected chi connectivity index (χ4v) is 2.47. The van der Waals surface area contributed by atoms with Crippen molar-refractivity contribution in [3.8, 4) is 0 Å². The second kappa shape index (κ2) is 9.30. The van der Waals surface area contributed by atoms with Gasteiger partial charge in [0.15, 0.2) is 5.82 Å². The number of nitrogens with two attached hydrogens (primary N) is 1. The van der Waals surface area contributed by atoms with E-state index in [0.29, 0.717) is 19.5 Å². The van der Waals surface area contributed by atoms with E-state index in [9.17, 15) is 10.1 Å². The van der Waals surface area contributed by atoms with Gasteiger partial charge in [0.1, 0.15) is 11.5 Å². The summed E-state index contributed by atoms with van der Waals surface area (Å²) in [6.45, 7) is 3.01. The van der Waals surface area contributed by atoms with Gasteiger partial charge in [-0.15, -0.1) is 0 Å². The van der Waals surface area contributed by atoms with Gasteiger partial charge in [0.2, 0.25) is 0 Å². The summed E-state index contributed by atoms with van der Waals surface area (Å²) in [5.74, 6) is 3.55. The van der Waals surface area contributed by atoms with Gasteiger partial charge in [-0.3, -0.25) is 10.1 Å². The van der Waals surface area contributed by atoms with Crippen molar-refractivity contribution in [1.29, 1.82) is 0 Å². The fourth-order valence-electron chi connectivity index (χ4n) is 1.72. The largest absolute Gasteiger partial charge is 0.464 e. The summed E-state index contributed by atoms with van der Waals surface area (Å²) in [5.41, 5.74) is 5.68. The average Bonchev–Trinajstić information content (AvgIpc) is 2.87. The molecule has 0 aromatic carbocycles. The molecule has 1 rings (SSSR count). The third-order valence-corrected chi connectivity index (χ3v) is 3.72. The van der Waals surface area contributed by atoms with Crippen LogP contribution in [0.1, 0.15) is 24.9 Å². The van der Waals surface area contributed by atoms with Crippen LogP contribution in [0.5, 0.6) is 0 Å². The van der Waals surface area contributed by atoms with Crippen LogP contribution in [0.25, 0.3) is 0 Å². The van der Waals surface area contributed by atoms with Gasteiger partial charge < -0.3 is 20.8 Å². The SMILES string of the molecule is CCC(=C(N)NCCSCc1ccc(CNC)o1)[N+](=O)[O-]. The minimum absolute atomic E-state index is 0.0303. The van der Waals surface area contributed by atoms with Crippen molar-refractivity contribution in [3.63, 3.8) is 0 Å². The maximum absolute atomic E-state index is 10.7. The molecule has 0 amide bonds. The predicted octanol–water partition coefficient (Wildman–Crippen LogP) is 1.64. The molecule has 0 aliphatic rings. The molecule has 21 heavy (non-hydrogen) atoms. The lowest BCUT2D eigenvalue weighted by Crippen LogP contribution is -2.26. The maximum Gasteiger partial charge on any atom is 0.285 e. The lowest BCUT2D eigenvalue weighted by Gasteiger charge is -2.06. The molecular weight excluding hydrogens is 292 g/mol. The molecule has 0 spiro atoms. The monoisotopic (exact) mass is 314 g/mol. The average molecular weight is 314 g/mol. The predicted molar refractivity (Wildman–Crippen MR) is 84.1 cm³/mol. The van der Waals surface area contributed by atoms with E-state index in [0.717, 1.165) is 23.0 Å². The van der Waals surface area contributed by atoms with E-state index in [-0.39, 0.29) is 11.5 Å². The maximum atomic E-state index is 10.7. The highest BCUT2D eigenvalue weighted by Crippen LogP contribution is 2.15. The van der Waals surface area contributed by atoms with E-state index in [1.807, 2.05) is 19.2 Å². The summed E-state index contributed by atoms with van der Waals surface area (Å²) in [4.78, 5) is 10.3. The zero-order valence-electron chi connectivity index (χ0n) is 12.3. The summed E-state index contributed by atoms with van der Waals surface area (Å²) in [6.07, 6.45) is 0.305. The number of hydrogen-bond donors (Lipinski definition) is 3. The Morgan fingerprint density at radius 1 is 1.48 bits per heavy atom. The molecule has 0 fully saturated rings. The second-order valence-electron chi connectivity index (χ2n) is 4.35. The summed E-state index contributed by atoms with van der Waals surface area (Å²) in [5, 5.41) is 16.6. The molecule has 7 nitrogen and oxygen atoms in total. The van der Waals surface area contributed by atoms with Gasteiger partial charge in [-0.1, -0.05) is 6.92 Å². The number of furan rings is 1. The Kier molecular flexibility index (Phi) is 7.70. The van der Waals surface area contributed by atoms with Gasteiger partial charge >= 0.3 is 0 Å². The fraction of sp³-hybridized carbons (Fsp3) is 0.538. The number of allylic oxidation sites excluding steroid dienone is 1. The van der Waals surface area contributed by atoms with E-state index < -0.39 is 4.92 Å². The first-order valence-corrected chi connectivity index (χ1v) is 7.90. The van der Waals surface area contributed by atoms with Crippen molar-refractivity contribution in [1.82, 2.24) is 10.6 Å². The van der Waals surface area contributed by atoms with Crippen LogP contribution in [0, 0.1) is 10.1 Å². The van der Waals surface area contributed by atoms with Crippen LogP contribution in [0.4, 0.5) is 0 Å². The molecule has 0 aliphatic heterocycles. The molecule has 1 aromatic rings. The van der Waals surface area contributed by atoms with Gasteiger partial charge in [0.25, 0.3) is 5.70 Å². The van der Waals surface area contributed by atoms with Crippen molar-refractivity contribution < 1.29 is 9.34 Å². The van der Waals surface area contributed by atoms with Crippen LogP contribution in [-0.2, 0) is 12.3 Å². The highest BCUT2D eigenvalue weighted by atomic mass is 32.2. The molecule has 0 radical (unpaired) electrons. The third-order valence-electron chi connectivity index (χ3n) is 2.74. The Morgan fingerprint density at radius 2 is 2.19 bits per heavy atom. The Balaban J connectivity index is 2.26. The number of hydrogen-bond acceptors (Lipinski definition) is 7. The summed E-state index contributed by atoms with van der Waals surface area (Å²) in [7, 11) is 1.87. The first kappa shape index (κ1) is 17.4. The topological polar surface area (TPSA) is 106 Å². The number of nitrogens with zero attached hydrogens (tertiary/aromatic N) is 1. The van der Waals surface area contributed by atoms with Crippen LogP contribution in [0.3, 0.4) is 0 Å². The van der Waals surface area contributed by atoms with Crippen molar-refractivity contribution in [2.24, 2.45) is 5.73 Å². The zero-order chi connectivity index (χ0) is 15.7. The summed E-state index contributed by atoms with van der Waals surface area (Å²) in [6, 6.07) is 3.92. The first-order chi connectivity index (χ1) is 10.1. The minimum Gasteiger partial charge on any atom is -0.464 e. The van der Waals surface area contributed by atoms with E-state index in [4.69, 9.17) is 10.2 Å². The highest BCUT2D eigenvalue weighted by molar-refractivity contribution is 7.98. The lowest BCUT2D eigenvalue weighted by molar-refractivity contribution is -0.429. The van der Waals surface area contributed by atoms with Crippen LogP contribution < -0.4 is 16.4 Å². The molecule has 118 valence electrons. The molecule has 0 saturated heterocycles. The Bertz CT molecular complexity index is 488. The van der Waals surface area contributed by atoms with Crippen molar-refractivity contribution in [3.05, 3.63) is 45.3 Å². The Morgan fingerprint density at radius 3 is 2.81 bits per heavy atom. The Labute approximate surface area is 128 Å². The van der Waals surface area contributed by atoms with Crippen LogP contribution >= 0.6 is 11.8 Å². The smallest absolute Gasteiger partial charge is 0.285 e. The number of rotatable bonds is 10. The molecular formula is C13H22N4O3S. The lowest BCUT2D eigenvalue weighted by atomic mass is 10.3. The molecule has 1 aromatic heterocycles. The summed E-state index contributed by atoms with van der Waals surface area (Å²) < 4.78 is 5.61. The summed E-state index contributed by atoms with van der Waals surface area (Å²) >= 11 is 1.68. The van der Waals surface area contributed by atoms with Gasteiger partial charge in [-0.2, -0.15) is 11.8 Å². The zero-order valence-corrected chi connectivity index (χ0v) is 13.2.